The van der Waals surface area contributed by atoms with Crippen LogP contribution in [0.4, 0.5) is 5.13 Å². The third kappa shape index (κ3) is 1.78. The predicted molar refractivity (Wildman–Crippen MR) is 53.5 cm³/mol. The van der Waals surface area contributed by atoms with Gasteiger partial charge in [0.15, 0.2) is 3.95 Å². The third-order valence-electron chi connectivity index (χ3n) is 1.88. The molecule has 1 fully saturated rings. The number of rotatable bonds is 2. The number of aromatic nitrogens is 2. The zero-order valence-electron chi connectivity index (χ0n) is 7.11. The van der Waals surface area contributed by atoms with Crippen molar-refractivity contribution in [1.29, 1.82) is 0 Å². The number of hydrogen-bond donors (Lipinski definition) is 1. The average Bonchev–Trinajstić information content (AvgIpc) is 2.76. The van der Waals surface area contributed by atoms with Crippen LogP contribution in [0.3, 0.4) is 0 Å². The molecule has 1 aliphatic rings. The molecule has 1 N–H and O–H groups in total. The Balaban J connectivity index is 2.29. The van der Waals surface area contributed by atoms with Crippen molar-refractivity contribution in [3.8, 4) is 0 Å². The standard InChI is InChI=1S/C7H9N3OS2/c1-4(11)10(5-2-3-5)6-8-9-7(12)13-6/h5H,2-3H2,1H3,(H,9,12). The van der Waals surface area contributed by atoms with E-state index in [1.165, 1.54) is 11.3 Å². The Morgan fingerprint density at radius 3 is 2.85 bits per heavy atom. The average molecular weight is 215 g/mol. The Hall–Kier alpha value is -0.750. The van der Waals surface area contributed by atoms with Gasteiger partial charge in [0.2, 0.25) is 11.0 Å². The minimum absolute atomic E-state index is 0.0419. The van der Waals surface area contributed by atoms with Crippen LogP contribution >= 0.6 is 23.6 Å². The van der Waals surface area contributed by atoms with Gasteiger partial charge in [0.25, 0.3) is 0 Å². The van der Waals surface area contributed by atoms with Gasteiger partial charge >= 0.3 is 0 Å². The molecule has 0 saturated heterocycles. The number of nitrogens with one attached hydrogen (secondary N) is 1. The molecule has 13 heavy (non-hydrogen) atoms. The lowest BCUT2D eigenvalue weighted by molar-refractivity contribution is -0.116. The number of anilines is 1. The molecule has 1 saturated carbocycles. The Kier molecular flexibility index (Phi) is 2.17. The molecule has 0 aliphatic heterocycles. The molecule has 0 radical (unpaired) electrons. The number of nitrogens with zero attached hydrogens (tertiary/aromatic N) is 2. The summed E-state index contributed by atoms with van der Waals surface area (Å²) in [6.07, 6.45) is 2.15. The lowest BCUT2D eigenvalue weighted by Crippen LogP contribution is -2.30. The summed E-state index contributed by atoms with van der Waals surface area (Å²) in [5.41, 5.74) is 0. The van der Waals surface area contributed by atoms with Gasteiger partial charge in [-0.15, -0.1) is 5.10 Å². The van der Waals surface area contributed by atoms with Crippen molar-refractivity contribution in [2.24, 2.45) is 0 Å². The van der Waals surface area contributed by atoms with Crippen LogP contribution < -0.4 is 4.90 Å². The van der Waals surface area contributed by atoms with E-state index in [9.17, 15) is 4.79 Å². The van der Waals surface area contributed by atoms with Gasteiger partial charge in [-0.3, -0.25) is 14.8 Å². The molecule has 1 aromatic heterocycles. The number of H-pyrrole nitrogens is 1. The van der Waals surface area contributed by atoms with Crippen LogP contribution in [0.25, 0.3) is 0 Å². The molecular weight excluding hydrogens is 206 g/mol. The monoisotopic (exact) mass is 215 g/mol. The molecule has 0 bridgehead atoms. The summed E-state index contributed by atoms with van der Waals surface area (Å²) in [6.45, 7) is 1.56. The van der Waals surface area contributed by atoms with Crippen molar-refractivity contribution in [2.45, 2.75) is 25.8 Å². The van der Waals surface area contributed by atoms with E-state index in [0.29, 0.717) is 15.1 Å². The summed E-state index contributed by atoms with van der Waals surface area (Å²) in [5, 5.41) is 7.36. The fourth-order valence-electron chi connectivity index (χ4n) is 1.21. The first-order chi connectivity index (χ1) is 6.18. The topological polar surface area (TPSA) is 49.0 Å². The van der Waals surface area contributed by atoms with Crippen LogP contribution in [-0.2, 0) is 4.79 Å². The summed E-state index contributed by atoms with van der Waals surface area (Å²) in [5.74, 6) is 0.0419. The van der Waals surface area contributed by atoms with Crippen LogP contribution in [0.1, 0.15) is 19.8 Å². The second kappa shape index (κ2) is 3.19. The second-order valence-corrected chi connectivity index (χ2v) is 4.66. The maximum Gasteiger partial charge on any atom is 0.225 e. The number of hydrogen-bond acceptors (Lipinski definition) is 4. The van der Waals surface area contributed by atoms with E-state index >= 15 is 0 Å². The van der Waals surface area contributed by atoms with Gasteiger partial charge in [0, 0.05) is 13.0 Å². The molecule has 70 valence electrons. The van der Waals surface area contributed by atoms with Gasteiger partial charge in [0.05, 0.1) is 0 Å². The molecule has 1 aliphatic carbocycles. The van der Waals surface area contributed by atoms with Gasteiger partial charge < -0.3 is 0 Å². The maximum absolute atomic E-state index is 11.3. The lowest BCUT2D eigenvalue weighted by atomic mass is 10.5. The summed E-state index contributed by atoms with van der Waals surface area (Å²) in [7, 11) is 0. The number of carbonyl (C=O) groups excluding carboxylic acids is 1. The van der Waals surface area contributed by atoms with Crippen LogP contribution in [0, 0.1) is 3.95 Å². The quantitative estimate of drug-likeness (QED) is 0.764. The Morgan fingerprint density at radius 1 is 1.77 bits per heavy atom. The van der Waals surface area contributed by atoms with Crippen molar-refractivity contribution >= 4 is 34.6 Å². The fourth-order valence-corrected chi connectivity index (χ4v) is 2.20. The summed E-state index contributed by atoms with van der Waals surface area (Å²) in [6, 6.07) is 0.353. The SMILES string of the molecule is CC(=O)N(c1n[nH]c(=S)s1)C1CC1. The molecule has 1 heterocycles. The summed E-state index contributed by atoms with van der Waals surface area (Å²) in [4.78, 5) is 13.0. The smallest absolute Gasteiger partial charge is 0.225 e. The molecular formula is C7H9N3OS2. The van der Waals surface area contributed by atoms with E-state index in [0.717, 1.165) is 12.8 Å². The summed E-state index contributed by atoms with van der Waals surface area (Å²) < 4.78 is 0.613. The Labute approximate surface area is 84.6 Å². The minimum Gasteiger partial charge on any atom is -0.284 e. The van der Waals surface area contributed by atoms with Crippen LogP contribution in [0.15, 0.2) is 0 Å². The van der Waals surface area contributed by atoms with Gasteiger partial charge in [0.1, 0.15) is 0 Å². The van der Waals surface area contributed by atoms with Gasteiger partial charge in [-0.05, 0) is 25.1 Å². The highest BCUT2D eigenvalue weighted by Crippen LogP contribution is 2.32. The molecule has 6 heteroatoms. The largest absolute Gasteiger partial charge is 0.284 e. The molecule has 1 aromatic rings. The van der Waals surface area contributed by atoms with E-state index in [4.69, 9.17) is 12.2 Å². The number of aromatic amines is 1. The molecule has 1 amide bonds. The first-order valence-electron chi connectivity index (χ1n) is 4.04. The highest BCUT2D eigenvalue weighted by atomic mass is 32.1. The second-order valence-electron chi connectivity index (χ2n) is 3.02. The minimum atomic E-state index is 0.0419. The van der Waals surface area contributed by atoms with Crippen molar-refractivity contribution in [1.82, 2.24) is 10.2 Å². The third-order valence-corrected chi connectivity index (χ3v) is 2.97. The van der Waals surface area contributed by atoms with Crippen molar-refractivity contribution < 1.29 is 4.79 Å². The number of carbonyl (C=O) groups is 1. The summed E-state index contributed by atoms with van der Waals surface area (Å²) >= 11 is 6.25. The first kappa shape index (κ1) is 8.83. The van der Waals surface area contributed by atoms with Gasteiger partial charge in [-0.2, -0.15) is 0 Å². The number of amides is 1. The van der Waals surface area contributed by atoms with Gasteiger partial charge in [-0.1, -0.05) is 11.3 Å². The van der Waals surface area contributed by atoms with E-state index in [-0.39, 0.29) is 5.91 Å². The molecule has 2 rings (SSSR count). The van der Waals surface area contributed by atoms with E-state index in [1.54, 1.807) is 11.8 Å². The Bertz CT molecular complexity index is 379. The zero-order chi connectivity index (χ0) is 9.42. The van der Waals surface area contributed by atoms with Crippen molar-refractivity contribution in [3.63, 3.8) is 0 Å². The van der Waals surface area contributed by atoms with Crippen molar-refractivity contribution in [2.75, 3.05) is 4.90 Å². The van der Waals surface area contributed by atoms with E-state index < -0.39 is 0 Å². The highest BCUT2D eigenvalue weighted by Gasteiger charge is 2.33. The van der Waals surface area contributed by atoms with Gasteiger partial charge in [-0.25, -0.2) is 0 Å². The van der Waals surface area contributed by atoms with E-state index in [2.05, 4.69) is 10.2 Å². The fraction of sp³-hybridized carbons (Fsp3) is 0.571. The molecule has 0 spiro atoms. The van der Waals surface area contributed by atoms with Crippen LogP contribution in [0.2, 0.25) is 0 Å². The van der Waals surface area contributed by atoms with Crippen molar-refractivity contribution in [3.05, 3.63) is 3.95 Å². The molecule has 0 unspecified atom stereocenters. The maximum atomic E-state index is 11.3. The lowest BCUT2D eigenvalue weighted by Gasteiger charge is -2.15. The molecule has 0 atom stereocenters. The first-order valence-corrected chi connectivity index (χ1v) is 5.26. The zero-order valence-corrected chi connectivity index (χ0v) is 8.74. The molecule has 4 nitrogen and oxygen atoms in total. The predicted octanol–water partition coefficient (Wildman–Crippen LogP) is 1.72. The Morgan fingerprint density at radius 2 is 2.46 bits per heavy atom. The highest BCUT2D eigenvalue weighted by molar-refractivity contribution is 7.73. The van der Waals surface area contributed by atoms with Crippen LogP contribution in [0.5, 0.6) is 0 Å². The molecule has 0 aromatic carbocycles. The van der Waals surface area contributed by atoms with E-state index in [1.807, 2.05) is 0 Å². The normalized spacial score (nSPS) is 15.8. The van der Waals surface area contributed by atoms with Crippen LogP contribution in [-0.4, -0.2) is 22.1 Å².